The highest BCUT2D eigenvalue weighted by Gasteiger charge is 2.30. The SMILES string of the molecule is NNC(Cc1ccsc1)c1c(F)c(F)c(F)c(F)c1F. The molecule has 0 amide bonds. The maximum atomic E-state index is 13.7. The van der Waals surface area contributed by atoms with Crippen LogP contribution in [0.3, 0.4) is 0 Å². The van der Waals surface area contributed by atoms with E-state index in [4.69, 9.17) is 5.84 Å². The minimum Gasteiger partial charge on any atom is -0.271 e. The van der Waals surface area contributed by atoms with Gasteiger partial charge in [-0.05, 0) is 28.8 Å². The number of nitrogens with one attached hydrogen (secondary N) is 1. The molecular weight excluding hydrogens is 299 g/mol. The van der Waals surface area contributed by atoms with E-state index in [1.165, 1.54) is 11.3 Å². The van der Waals surface area contributed by atoms with E-state index in [9.17, 15) is 22.0 Å². The largest absolute Gasteiger partial charge is 0.271 e. The highest BCUT2D eigenvalue weighted by Crippen LogP contribution is 2.29. The molecule has 0 saturated carbocycles. The van der Waals surface area contributed by atoms with Gasteiger partial charge in [0, 0.05) is 5.56 Å². The van der Waals surface area contributed by atoms with Gasteiger partial charge in [0.2, 0.25) is 5.82 Å². The summed E-state index contributed by atoms with van der Waals surface area (Å²) < 4.78 is 66.6. The number of hydrogen-bond donors (Lipinski definition) is 2. The van der Waals surface area contributed by atoms with Gasteiger partial charge in [0.05, 0.1) is 6.04 Å². The molecule has 3 N–H and O–H groups in total. The number of rotatable bonds is 4. The highest BCUT2D eigenvalue weighted by molar-refractivity contribution is 7.07. The van der Waals surface area contributed by atoms with E-state index in [-0.39, 0.29) is 6.42 Å². The normalized spacial score (nSPS) is 12.7. The molecule has 0 aliphatic carbocycles. The summed E-state index contributed by atoms with van der Waals surface area (Å²) in [6.07, 6.45) is -0.00163. The first-order valence-electron chi connectivity index (χ1n) is 5.45. The molecular formula is C12H9F5N2S. The molecule has 2 rings (SSSR count). The lowest BCUT2D eigenvalue weighted by Gasteiger charge is -2.18. The maximum Gasteiger partial charge on any atom is 0.200 e. The van der Waals surface area contributed by atoms with Crippen LogP contribution in [0.15, 0.2) is 16.8 Å². The molecule has 1 unspecified atom stereocenters. The number of thiophene rings is 1. The van der Waals surface area contributed by atoms with Gasteiger partial charge in [-0.1, -0.05) is 0 Å². The molecule has 20 heavy (non-hydrogen) atoms. The average Bonchev–Trinajstić information content (AvgIpc) is 2.95. The van der Waals surface area contributed by atoms with E-state index in [0.717, 1.165) is 0 Å². The number of benzene rings is 1. The van der Waals surface area contributed by atoms with Crippen molar-refractivity contribution in [3.8, 4) is 0 Å². The molecule has 1 atom stereocenters. The zero-order valence-corrected chi connectivity index (χ0v) is 10.7. The molecule has 0 spiro atoms. The fourth-order valence-corrected chi connectivity index (χ4v) is 2.50. The Bertz CT molecular complexity index is 586. The fourth-order valence-electron chi connectivity index (χ4n) is 1.82. The van der Waals surface area contributed by atoms with Crippen molar-refractivity contribution in [3.63, 3.8) is 0 Å². The van der Waals surface area contributed by atoms with Crippen LogP contribution in [0.2, 0.25) is 0 Å². The van der Waals surface area contributed by atoms with Crippen molar-refractivity contribution < 1.29 is 22.0 Å². The van der Waals surface area contributed by atoms with Gasteiger partial charge in [0.25, 0.3) is 0 Å². The molecule has 0 fully saturated rings. The van der Waals surface area contributed by atoms with E-state index in [2.05, 4.69) is 5.43 Å². The number of nitrogens with two attached hydrogens (primary N) is 1. The number of hydrazine groups is 1. The minimum atomic E-state index is -2.19. The second-order valence-corrected chi connectivity index (χ2v) is 4.82. The van der Waals surface area contributed by atoms with Gasteiger partial charge in [0.15, 0.2) is 23.3 Å². The first-order chi connectivity index (χ1) is 9.47. The van der Waals surface area contributed by atoms with E-state index < -0.39 is 40.7 Å². The summed E-state index contributed by atoms with van der Waals surface area (Å²) in [6, 6.07) is 0.440. The van der Waals surface area contributed by atoms with E-state index in [1.54, 1.807) is 16.8 Å². The summed E-state index contributed by atoms with van der Waals surface area (Å²) >= 11 is 1.34. The highest BCUT2D eigenvalue weighted by atomic mass is 32.1. The van der Waals surface area contributed by atoms with Gasteiger partial charge < -0.3 is 0 Å². The average molecular weight is 308 g/mol. The van der Waals surface area contributed by atoms with Crippen molar-refractivity contribution in [2.45, 2.75) is 12.5 Å². The zero-order chi connectivity index (χ0) is 14.9. The summed E-state index contributed by atoms with van der Waals surface area (Å²) in [5, 5.41) is 3.41. The molecule has 0 aliphatic rings. The molecule has 2 aromatic rings. The van der Waals surface area contributed by atoms with E-state index in [0.29, 0.717) is 5.56 Å². The third-order valence-corrected chi connectivity index (χ3v) is 3.55. The lowest BCUT2D eigenvalue weighted by atomic mass is 9.99. The monoisotopic (exact) mass is 308 g/mol. The van der Waals surface area contributed by atoms with Crippen LogP contribution in [0.5, 0.6) is 0 Å². The predicted molar refractivity (Wildman–Crippen MR) is 64.3 cm³/mol. The van der Waals surface area contributed by atoms with E-state index >= 15 is 0 Å². The van der Waals surface area contributed by atoms with Crippen LogP contribution in [0, 0.1) is 29.1 Å². The van der Waals surface area contributed by atoms with Gasteiger partial charge in [-0.2, -0.15) is 11.3 Å². The molecule has 0 aliphatic heterocycles. The van der Waals surface area contributed by atoms with Crippen molar-refractivity contribution in [2.24, 2.45) is 5.84 Å². The van der Waals surface area contributed by atoms with Crippen molar-refractivity contribution in [1.29, 1.82) is 0 Å². The molecule has 0 bridgehead atoms. The maximum absolute atomic E-state index is 13.7. The molecule has 108 valence electrons. The Morgan fingerprint density at radius 1 is 1.00 bits per heavy atom. The van der Waals surface area contributed by atoms with Crippen LogP contribution < -0.4 is 11.3 Å². The Labute approximate surface area is 115 Å². The molecule has 1 heterocycles. The van der Waals surface area contributed by atoms with E-state index in [1.807, 2.05) is 0 Å². The predicted octanol–water partition coefficient (Wildman–Crippen LogP) is 3.19. The molecule has 0 radical (unpaired) electrons. The first kappa shape index (κ1) is 14.9. The van der Waals surface area contributed by atoms with Gasteiger partial charge in [-0.3, -0.25) is 11.3 Å². The Morgan fingerprint density at radius 2 is 1.55 bits per heavy atom. The van der Waals surface area contributed by atoms with Crippen LogP contribution >= 0.6 is 11.3 Å². The Balaban J connectivity index is 2.49. The summed E-state index contributed by atoms with van der Waals surface area (Å²) in [5.74, 6) is -4.72. The Morgan fingerprint density at radius 3 is 2.00 bits per heavy atom. The fraction of sp³-hybridized carbons (Fsp3) is 0.167. The Kier molecular flexibility index (Phi) is 4.36. The van der Waals surface area contributed by atoms with Crippen LogP contribution in [0.1, 0.15) is 17.2 Å². The van der Waals surface area contributed by atoms with Crippen molar-refractivity contribution in [3.05, 3.63) is 57.0 Å². The standard InChI is InChI=1S/C12H9F5N2S/c13-8-7(9(14)11(16)12(17)10(8)15)6(19-18)3-5-1-2-20-4-5/h1-2,4,6,19H,3,18H2. The lowest BCUT2D eigenvalue weighted by molar-refractivity contribution is 0.356. The van der Waals surface area contributed by atoms with Gasteiger partial charge in [-0.15, -0.1) is 0 Å². The van der Waals surface area contributed by atoms with Gasteiger partial charge in [-0.25, -0.2) is 22.0 Å². The zero-order valence-electron chi connectivity index (χ0n) is 9.89. The summed E-state index contributed by atoms with van der Waals surface area (Å²) in [4.78, 5) is 0. The van der Waals surface area contributed by atoms with Crippen LogP contribution in [0.4, 0.5) is 22.0 Å². The van der Waals surface area contributed by atoms with Gasteiger partial charge >= 0.3 is 0 Å². The second kappa shape index (κ2) is 5.86. The first-order valence-corrected chi connectivity index (χ1v) is 6.40. The number of hydrogen-bond acceptors (Lipinski definition) is 3. The van der Waals surface area contributed by atoms with Crippen molar-refractivity contribution in [2.75, 3.05) is 0 Å². The van der Waals surface area contributed by atoms with Crippen LogP contribution in [-0.2, 0) is 6.42 Å². The van der Waals surface area contributed by atoms with Gasteiger partial charge in [0.1, 0.15) is 0 Å². The van der Waals surface area contributed by atoms with Crippen LogP contribution in [-0.4, -0.2) is 0 Å². The van der Waals surface area contributed by atoms with Crippen molar-refractivity contribution in [1.82, 2.24) is 5.43 Å². The molecule has 8 heteroatoms. The summed E-state index contributed by atoms with van der Waals surface area (Å²) in [5.41, 5.74) is 1.79. The van der Waals surface area contributed by atoms with Crippen molar-refractivity contribution >= 4 is 11.3 Å². The quantitative estimate of drug-likeness (QED) is 0.299. The topological polar surface area (TPSA) is 38.0 Å². The summed E-state index contributed by atoms with van der Waals surface area (Å²) in [6.45, 7) is 0. The van der Waals surface area contributed by atoms with Crippen LogP contribution in [0.25, 0.3) is 0 Å². The number of halogens is 5. The molecule has 0 saturated heterocycles. The molecule has 2 nitrogen and oxygen atoms in total. The minimum absolute atomic E-state index is 0.00163. The molecule has 1 aromatic heterocycles. The third kappa shape index (κ3) is 2.54. The smallest absolute Gasteiger partial charge is 0.200 e. The lowest BCUT2D eigenvalue weighted by Crippen LogP contribution is -2.31. The molecule has 1 aromatic carbocycles. The Hall–Kier alpha value is -1.51. The second-order valence-electron chi connectivity index (χ2n) is 4.04. The summed E-state index contributed by atoms with van der Waals surface area (Å²) in [7, 11) is 0. The third-order valence-electron chi connectivity index (χ3n) is 2.81.